The Balaban J connectivity index is 3.30. The standard InChI is InChI=1S/C17H43NO5Si4/c1-10-15-24(6)20-25(7,16-11-2)22-27(9,19-18(13-4)14-5)23-26(8,21-24)17-12-3/h10-17H2,1-9H3. The van der Waals surface area contributed by atoms with Crippen LogP contribution in [0.3, 0.4) is 0 Å². The molecule has 0 bridgehead atoms. The highest BCUT2D eigenvalue weighted by atomic mass is 28.5. The van der Waals surface area contributed by atoms with Gasteiger partial charge in [0, 0.05) is 19.6 Å². The van der Waals surface area contributed by atoms with Crippen molar-refractivity contribution in [3.63, 3.8) is 0 Å². The third-order valence-electron chi connectivity index (χ3n) is 4.78. The molecule has 10 heteroatoms. The van der Waals surface area contributed by atoms with Crippen LogP contribution in [0, 0.1) is 0 Å². The number of nitrogens with zero attached hydrogens (tertiary/aromatic N) is 1. The first-order valence-electron chi connectivity index (χ1n) is 10.7. The topological polar surface area (TPSA) is 49.4 Å². The van der Waals surface area contributed by atoms with Crippen molar-refractivity contribution >= 4 is 34.5 Å². The molecule has 162 valence electrons. The molecule has 1 heterocycles. The average molecular weight is 454 g/mol. The van der Waals surface area contributed by atoms with Gasteiger partial charge in [-0.05, 0) is 37.8 Å². The van der Waals surface area contributed by atoms with E-state index in [1.54, 1.807) is 0 Å². The molecule has 0 aliphatic carbocycles. The van der Waals surface area contributed by atoms with Gasteiger partial charge < -0.3 is 16.5 Å². The van der Waals surface area contributed by atoms with E-state index in [9.17, 15) is 0 Å². The molecule has 1 aliphatic rings. The molecule has 27 heavy (non-hydrogen) atoms. The highest BCUT2D eigenvalue weighted by molar-refractivity contribution is 6.92. The number of hydroxylamine groups is 2. The van der Waals surface area contributed by atoms with Gasteiger partial charge in [0.2, 0.25) is 0 Å². The van der Waals surface area contributed by atoms with Gasteiger partial charge in [-0.3, -0.25) is 4.53 Å². The van der Waals surface area contributed by atoms with Gasteiger partial charge in [0.1, 0.15) is 0 Å². The van der Waals surface area contributed by atoms with E-state index in [0.717, 1.165) is 50.5 Å². The van der Waals surface area contributed by atoms with E-state index in [2.05, 4.69) is 54.3 Å². The van der Waals surface area contributed by atoms with Crippen molar-refractivity contribution in [3.05, 3.63) is 0 Å². The van der Waals surface area contributed by atoms with Crippen LogP contribution >= 0.6 is 0 Å². The molecule has 2 unspecified atom stereocenters. The molecule has 0 N–H and O–H groups in total. The lowest BCUT2D eigenvalue weighted by atomic mass is 10.6. The Morgan fingerprint density at radius 3 is 1.22 bits per heavy atom. The van der Waals surface area contributed by atoms with Crippen LogP contribution in [-0.2, 0) is 21.0 Å². The zero-order valence-corrected chi connectivity index (χ0v) is 23.1. The summed E-state index contributed by atoms with van der Waals surface area (Å²) in [4.78, 5) is 0. The molecule has 0 aromatic carbocycles. The van der Waals surface area contributed by atoms with E-state index in [4.69, 9.17) is 21.0 Å². The van der Waals surface area contributed by atoms with Gasteiger partial charge in [-0.25, -0.2) is 0 Å². The first-order chi connectivity index (χ1) is 12.5. The van der Waals surface area contributed by atoms with Crippen molar-refractivity contribution < 1.29 is 21.0 Å². The smallest absolute Gasteiger partial charge is 0.416 e. The first kappa shape index (κ1) is 25.7. The minimum absolute atomic E-state index is 0.800. The summed E-state index contributed by atoms with van der Waals surface area (Å²) in [6.45, 7) is 20.9. The van der Waals surface area contributed by atoms with Crippen LogP contribution in [0.4, 0.5) is 0 Å². The van der Waals surface area contributed by atoms with Crippen molar-refractivity contribution in [2.45, 2.75) is 98.2 Å². The second-order valence-electron chi connectivity index (χ2n) is 8.13. The fourth-order valence-corrected chi connectivity index (χ4v) is 26.0. The summed E-state index contributed by atoms with van der Waals surface area (Å²) in [5.41, 5.74) is 0. The zero-order chi connectivity index (χ0) is 20.8. The van der Waals surface area contributed by atoms with Gasteiger partial charge in [0.25, 0.3) is 0 Å². The Kier molecular flexibility index (Phi) is 10.1. The summed E-state index contributed by atoms with van der Waals surface area (Å²) in [5, 5.41) is 1.94. The summed E-state index contributed by atoms with van der Waals surface area (Å²) in [5.74, 6) is 0. The lowest BCUT2D eigenvalue weighted by molar-refractivity contribution is -0.0992. The molecule has 1 rings (SSSR count). The number of rotatable bonds is 10. The van der Waals surface area contributed by atoms with E-state index in [1.807, 2.05) is 11.6 Å². The van der Waals surface area contributed by atoms with Crippen LogP contribution in [-0.4, -0.2) is 52.6 Å². The lowest BCUT2D eigenvalue weighted by Crippen LogP contribution is -2.68. The van der Waals surface area contributed by atoms with E-state index in [0.29, 0.717) is 0 Å². The third-order valence-corrected chi connectivity index (χ3v) is 22.9. The molecule has 2 atom stereocenters. The Bertz CT molecular complexity index is 433. The maximum Gasteiger partial charge on any atom is 0.496 e. The van der Waals surface area contributed by atoms with Crippen molar-refractivity contribution in [2.24, 2.45) is 0 Å². The second kappa shape index (κ2) is 10.6. The number of hydrogen-bond donors (Lipinski definition) is 0. The van der Waals surface area contributed by atoms with Gasteiger partial charge in [-0.15, -0.1) is 0 Å². The first-order valence-corrected chi connectivity index (χ1v) is 20.5. The molecule has 6 nitrogen and oxygen atoms in total. The molecule has 0 aromatic rings. The SMILES string of the molecule is CCC[Si]1(C)O[Si](C)(CCC)O[Si](C)(ON(CC)CC)O[Si](C)(CCC)O1. The average Bonchev–Trinajstić information content (AvgIpc) is 2.50. The molecule has 0 radical (unpaired) electrons. The van der Waals surface area contributed by atoms with Crippen LogP contribution < -0.4 is 0 Å². The largest absolute Gasteiger partial charge is 0.496 e. The lowest BCUT2D eigenvalue weighted by Gasteiger charge is -2.50. The predicted molar refractivity (Wildman–Crippen MR) is 120 cm³/mol. The van der Waals surface area contributed by atoms with Gasteiger partial charge in [-0.1, -0.05) is 53.9 Å². The summed E-state index contributed by atoms with van der Waals surface area (Å²) in [6, 6.07) is 2.85. The minimum atomic E-state index is -2.93. The second-order valence-corrected chi connectivity index (χ2v) is 21.6. The summed E-state index contributed by atoms with van der Waals surface area (Å²) < 4.78 is 33.7. The Morgan fingerprint density at radius 1 is 0.593 bits per heavy atom. The van der Waals surface area contributed by atoms with E-state index in [1.165, 1.54) is 0 Å². The van der Waals surface area contributed by atoms with E-state index >= 15 is 0 Å². The Labute approximate surface area is 171 Å². The van der Waals surface area contributed by atoms with Gasteiger partial charge in [0.15, 0.2) is 0 Å². The fourth-order valence-electron chi connectivity index (χ4n) is 4.07. The van der Waals surface area contributed by atoms with Gasteiger partial charge in [0.05, 0.1) is 0 Å². The molecular weight excluding hydrogens is 411 g/mol. The van der Waals surface area contributed by atoms with Crippen LogP contribution in [0.15, 0.2) is 0 Å². The Morgan fingerprint density at radius 2 is 0.926 bits per heavy atom. The molecule has 1 saturated heterocycles. The molecule has 0 saturated carbocycles. The van der Waals surface area contributed by atoms with E-state index in [-0.39, 0.29) is 0 Å². The van der Waals surface area contributed by atoms with E-state index < -0.39 is 34.5 Å². The summed E-state index contributed by atoms with van der Waals surface area (Å²) in [6.07, 6.45) is 3.11. The molecule has 0 spiro atoms. The van der Waals surface area contributed by atoms with Crippen molar-refractivity contribution in [3.8, 4) is 0 Å². The highest BCUT2D eigenvalue weighted by Gasteiger charge is 2.58. The van der Waals surface area contributed by atoms with Crippen LogP contribution in [0.5, 0.6) is 0 Å². The molecule has 1 fully saturated rings. The van der Waals surface area contributed by atoms with Crippen LogP contribution in [0.1, 0.15) is 53.9 Å². The van der Waals surface area contributed by atoms with Crippen molar-refractivity contribution in [1.82, 2.24) is 5.06 Å². The van der Waals surface area contributed by atoms with Crippen LogP contribution in [0.25, 0.3) is 0 Å². The monoisotopic (exact) mass is 453 g/mol. The maximum absolute atomic E-state index is 6.86. The highest BCUT2D eigenvalue weighted by Crippen LogP contribution is 2.37. The minimum Gasteiger partial charge on any atom is -0.416 e. The molecule has 1 aliphatic heterocycles. The summed E-state index contributed by atoms with van der Waals surface area (Å²) >= 11 is 0. The third kappa shape index (κ3) is 7.76. The maximum atomic E-state index is 6.86. The van der Waals surface area contributed by atoms with Gasteiger partial charge in [-0.2, -0.15) is 5.06 Å². The van der Waals surface area contributed by atoms with Crippen molar-refractivity contribution in [2.75, 3.05) is 13.1 Å². The summed E-state index contributed by atoms with van der Waals surface area (Å²) in [7, 11) is -10.2. The van der Waals surface area contributed by atoms with Crippen molar-refractivity contribution in [1.29, 1.82) is 0 Å². The molecule has 0 aromatic heterocycles. The quantitative estimate of drug-likeness (QED) is 0.328. The number of hydrogen-bond acceptors (Lipinski definition) is 6. The van der Waals surface area contributed by atoms with Gasteiger partial charge >= 0.3 is 34.5 Å². The molecular formula is C17H43NO5Si4. The van der Waals surface area contributed by atoms with Crippen LogP contribution in [0.2, 0.25) is 44.3 Å². The fraction of sp³-hybridized carbons (Fsp3) is 1.00. The normalized spacial score (nSPS) is 38.0. The zero-order valence-electron chi connectivity index (χ0n) is 19.1. The Hall–Kier alpha value is 0.628. The molecule has 0 amide bonds. The predicted octanol–water partition coefficient (Wildman–Crippen LogP) is 5.35.